The Morgan fingerprint density at radius 2 is 1.64 bits per heavy atom. The van der Waals surface area contributed by atoms with Crippen molar-refractivity contribution >= 4 is 10.1 Å². The second-order valence-corrected chi connectivity index (χ2v) is 7.28. The van der Waals surface area contributed by atoms with Gasteiger partial charge in [-0.3, -0.25) is 4.55 Å². The maximum atomic E-state index is 11.4. The molecule has 3 nitrogen and oxygen atoms in total. The maximum Gasteiger partial charge on any atom is 0.294 e. The molecule has 1 rings (SSSR count). The van der Waals surface area contributed by atoms with E-state index in [0.29, 0.717) is 6.42 Å². The molecule has 1 aromatic carbocycles. The van der Waals surface area contributed by atoms with Crippen LogP contribution in [-0.4, -0.2) is 13.0 Å². The van der Waals surface area contributed by atoms with Gasteiger partial charge in [0.2, 0.25) is 0 Å². The summed E-state index contributed by atoms with van der Waals surface area (Å²) in [6.45, 7) is 5.65. The molecule has 1 N–H and O–H groups in total. The molecule has 0 unspecified atom stereocenters. The van der Waals surface area contributed by atoms with Crippen molar-refractivity contribution in [2.75, 3.05) is 0 Å². The van der Waals surface area contributed by atoms with Gasteiger partial charge in [-0.2, -0.15) is 8.42 Å². The standard InChI is InChI=1S/C18H28O3S/c1-3-4-5-6-7-8-9-10-11-12-17-15-16(2)13-14-18(17)22(19,20)21/h3,13-15H,1,4-12H2,2H3,(H,19,20,21). The highest BCUT2D eigenvalue weighted by Gasteiger charge is 2.14. The number of aryl methyl sites for hydroxylation is 2. The van der Waals surface area contributed by atoms with Crippen LogP contribution in [0.3, 0.4) is 0 Å². The minimum atomic E-state index is -4.12. The molecule has 0 bridgehead atoms. The summed E-state index contributed by atoms with van der Waals surface area (Å²) in [4.78, 5) is 0.0579. The van der Waals surface area contributed by atoms with Gasteiger partial charge >= 0.3 is 0 Å². The van der Waals surface area contributed by atoms with Crippen LogP contribution in [-0.2, 0) is 16.5 Å². The fourth-order valence-corrected chi connectivity index (χ4v) is 3.38. The molecule has 0 saturated carbocycles. The second kappa shape index (κ2) is 9.80. The van der Waals surface area contributed by atoms with Crippen LogP contribution >= 0.6 is 0 Å². The van der Waals surface area contributed by atoms with Gasteiger partial charge in [-0.1, -0.05) is 55.9 Å². The molecule has 0 aliphatic heterocycles. The zero-order valence-electron chi connectivity index (χ0n) is 13.6. The fourth-order valence-electron chi connectivity index (χ4n) is 2.64. The molecule has 0 aromatic heterocycles. The van der Waals surface area contributed by atoms with Gasteiger partial charge in [0.25, 0.3) is 10.1 Å². The predicted molar refractivity (Wildman–Crippen MR) is 91.8 cm³/mol. The van der Waals surface area contributed by atoms with Gasteiger partial charge < -0.3 is 0 Å². The lowest BCUT2D eigenvalue weighted by Crippen LogP contribution is -2.03. The molecule has 0 atom stereocenters. The van der Waals surface area contributed by atoms with Crippen LogP contribution in [0.1, 0.15) is 62.5 Å². The topological polar surface area (TPSA) is 54.4 Å². The predicted octanol–water partition coefficient (Wildman–Crippen LogP) is 5.09. The highest BCUT2D eigenvalue weighted by atomic mass is 32.2. The average molecular weight is 324 g/mol. The van der Waals surface area contributed by atoms with Crippen LogP contribution in [0.25, 0.3) is 0 Å². The largest absolute Gasteiger partial charge is 0.294 e. The van der Waals surface area contributed by atoms with E-state index in [0.717, 1.165) is 30.4 Å². The van der Waals surface area contributed by atoms with Crippen LogP contribution < -0.4 is 0 Å². The van der Waals surface area contributed by atoms with E-state index in [9.17, 15) is 13.0 Å². The number of benzene rings is 1. The van der Waals surface area contributed by atoms with Gasteiger partial charge in [-0.05, 0) is 44.2 Å². The third kappa shape index (κ3) is 7.23. The number of allylic oxidation sites excluding steroid dienone is 1. The van der Waals surface area contributed by atoms with Crippen LogP contribution in [0.2, 0.25) is 0 Å². The van der Waals surface area contributed by atoms with Crippen molar-refractivity contribution in [2.24, 2.45) is 0 Å². The van der Waals surface area contributed by atoms with Gasteiger partial charge in [0.1, 0.15) is 0 Å². The minimum absolute atomic E-state index is 0.0579. The molecular weight excluding hydrogens is 296 g/mol. The van der Waals surface area contributed by atoms with Gasteiger partial charge in [-0.25, -0.2) is 0 Å². The summed E-state index contributed by atoms with van der Waals surface area (Å²) in [6, 6.07) is 5.08. The fraction of sp³-hybridized carbons (Fsp3) is 0.556. The SMILES string of the molecule is C=CCCCCCCCCCc1cc(C)ccc1S(=O)(=O)O. The van der Waals surface area contributed by atoms with Gasteiger partial charge in [-0.15, -0.1) is 6.58 Å². The summed E-state index contributed by atoms with van der Waals surface area (Å²) in [5.74, 6) is 0. The molecular formula is C18H28O3S. The molecule has 4 heteroatoms. The Bertz CT molecular complexity index is 562. The van der Waals surface area contributed by atoms with Crippen molar-refractivity contribution in [1.29, 1.82) is 0 Å². The molecule has 0 fully saturated rings. The summed E-state index contributed by atoms with van der Waals surface area (Å²) >= 11 is 0. The number of unbranched alkanes of at least 4 members (excludes halogenated alkanes) is 7. The molecule has 22 heavy (non-hydrogen) atoms. The van der Waals surface area contributed by atoms with E-state index in [1.165, 1.54) is 38.2 Å². The molecule has 1 aromatic rings. The van der Waals surface area contributed by atoms with Gasteiger partial charge in [0.05, 0.1) is 4.90 Å². The summed E-state index contributed by atoms with van der Waals surface area (Å²) in [6.07, 6.45) is 12.0. The Labute approximate surface area is 135 Å². The third-order valence-electron chi connectivity index (χ3n) is 3.85. The zero-order valence-corrected chi connectivity index (χ0v) is 14.4. The monoisotopic (exact) mass is 324 g/mol. The minimum Gasteiger partial charge on any atom is -0.282 e. The molecule has 0 amide bonds. The first-order chi connectivity index (χ1) is 10.4. The highest BCUT2D eigenvalue weighted by Crippen LogP contribution is 2.20. The molecule has 0 saturated heterocycles. The first kappa shape index (κ1) is 18.9. The zero-order chi connectivity index (χ0) is 16.4. The van der Waals surface area contributed by atoms with Crippen molar-refractivity contribution in [3.8, 4) is 0 Å². The Kier molecular flexibility index (Phi) is 8.43. The smallest absolute Gasteiger partial charge is 0.282 e. The van der Waals surface area contributed by atoms with E-state index in [-0.39, 0.29) is 4.90 Å². The Balaban J connectivity index is 2.33. The average Bonchev–Trinajstić information content (AvgIpc) is 2.44. The molecule has 124 valence electrons. The van der Waals surface area contributed by atoms with E-state index in [4.69, 9.17) is 0 Å². The normalized spacial score (nSPS) is 11.5. The first-order valence-electron chi connectivity index (χ1n) is 8.13. The van der Waals surface area contributed by atoms with Crippen molar-refractivity contribution in [2.45, 2.75) is 69.6 Å². The Morgan fingerprint density at radius 3 is 2.23 bits per heavy atom. The highest BCUT2D eigenvalue weighted by molar-refractivity contribution is 7.85. The van der Waals surface area contributed by atoms with Crippen LogP contribution in [0, 0.1) is 6.92 Å². The van der Waals surface area contributed by atoms with E-state index < -0.39 is 10.1 Å². The van der Waals surface area contributed by atoms with E-state index in [1.54, 1.807) is 6.07 Å². The summed E-state index contributed by atoms with van der Waals surface area (Å²) < 4.78 is 32.0. The Morgan fingerprint density at radius 1 is 1.05 bits per heavy atom. The quantitative estimate of drug-likeness (QED) is 0.350. The lowest BCUT2D eigenvalue weighted by Gasteiger charge is -2.08. The number of hydrogen-bond donors (Lipinski definition) is 1. The van der Waals surface area contributed by atoms with Gasteiger partial charge in [0, 0.05) is 0 Å². The van der Waals surface area contributed by atoms with Crippen LogP contribution in [0.15, 0.2) is 35.7 Å². The molecule has 0 heterocycles. The lowest BCUT2D eigenvalue weighted by atomic mass is 10.0. The summed E-state index contributed by atoms with van der Waals surface area (Å²) in [7, 11) is -4.12. The summed E-state index contributed by atoms with van der Waals surface area (Å²) in [5.41, 5.74) is 1.75. The number of rotatable bonds is 11. The first-order valence-corrected chi connectivity index (χ1v) is 9.57. The van der Waals surface area contributed by atoms with Crippen molar-refractivity contribution in [1.82, 2.24) is 0 Å². The molecule has 0 aliphatic carbocycles. The van der Waals surface area contributed by atoms with E-state index in [2.05, 4.69) is 6.58 Å². The molecule has 0 aliphatic rings. The third-order valence-corrected chi connectivity index (χ3v) is 4.80. The van der Waals surface area contributed by atoms with E-state index >= 15 is 0 Å². The van der Waals surface area contributed by atoms with Gasteiger partial charge in [0.15, 0.2) is 0 Å². The number of hydrogen-bond acceptors (Lipinski definition) is 2. The lowest BCUT2D eigenvalue weighted by molar-refractivity contribution is 0.481. The summed E-state index contributed by atoms with van der Waals surface area (Å²) in [5, 5.41) is 0. The van der Waals surface area contributed by atoms with Crippen molar-refractivity contribution in [3.63, 3.8) is 0 Å². The molecule has 0 radical (unpaired) electrons. The van der Waals surface area contributed by atoms with Crippen LogP contribution in [0.4, 0.5) is 0 Å². The second-order valence-electron chi connectivity index (χ2n) is 5.89. The maximum absolute atomic E-state index is 11.4. The Hall–Kier alpha value is -1.13. The van der Waals surface area contributed by atoms with Crippen LogP contribution in [0.5, 0.6) is 0 Å². The van der Waals surface area contributed by atoms with Crippen molar-refractivity contribution < 1.29 is 13.0 Å². The van der Waals surface area contributed by atoms with E-state index in [1.807, 2.05) is 19.1 Å². The van der Waals surface area contributed by atoms with Crippen molar-refractivity contribution in [3.05, 3.63) is 42.0 Å². The molecule has 0 spiro atoms.